The van der Waals surface area contributed by atoms with Crippen LogP contribution in [0, 0.1) is 0 Å². The molecule has 0 saturated carbocycles. The minimum absolute atomic E-state index is 0.0314. The first kappa shape index (κ1) is 21.8. The number of phenols is 1. The largest absolute Gasteiger partial charge is 0.504 e. The quantitative estimate of drug-likeness (QED) is 0.462. The van der Waals surface area contributed by atoms with Gasteiger partial charge >= 0.3 is 0 Å². The second-order valence-electron chi connectivity index (χ2n) is 7.61. The number of aliphatic imine (C=N–C) groups is 1. The van der Waals surface area contributed by atoms with Crippen LogP contribution in [0.4, 0.5) is 5.69 Å². The number of hydrogen-bond donors (Lipinski definition) is 1. The summed E-state index contributed by atoms with van der Waals surface area (Å²) in [7, 11) is 5.43. The minimum atomic E-state index is -0.326. The number of aromatic hydroxyl groups is 1. The Morgan fingerprint density at radius 1 is 1.00 bits per heavy atom. The zero-order chi connectivity index (χ0) is 23.4. The third-order valence-corrected chi connectivity index (χ3v) is 5.11. The van der Waals surface area contributed by atoms with Crippen molar-refractivity contribution < 1.29 is 14.6 Å². The van der Waals surface area contributed by atoms with E-state index < -0.39 is 0 Å². The van der Waals surface area contributed by atoms with Gasteiger partial charge in [-0.3, -0.25) is 4.79 Å². The van der Waals surface area contributed by atoms with Crippen molar-refractivity contribution in [1.82, 2.24) is 5.01 Å². The van der Waals surface area contributed by atoms with Crippen LogP contribution in [0.5, 0.6) is 11.5 Å². The first-order chi connectivity index (χ1) is 16.0. The average Bonchev–Trinajstić information content (AvgIpc) is 3.14. The number of methoxy groups -OCH3 is 1. The number of amidine groups is 1. The molecule has 1 heterocycles. The van der Waals surface area contributed by atoms with Gasteiger partial charge in [0.1, 0.15) is 5.70 Å². The second-order valence-corrected chi connectivity index (χ2v) is 7.61. The molecule has 0 atom stereocenters. The molecule has 166 valence electrons. The lowest BCUT2D eigenvalue weighted by molar-refractivity contribution is -0.122. The third-order valence-electron chi connectivity index (χ3n) is 5.11. The van der Waals surface area contributed by atoms with Gasteiger partial charge in [0.2, 0.25) is 0 Å². The molecule has 4 rings (SSSR count). The highest BCUT2D eigenvalue weighted by molar-refractivity contribution is 6.19. The van der Waals surface area contributed by atoms with Crippen LogP contribution >= 0.6 is 0 Å². The number of carbonyl (C=O) groups excluding carboxylic acids is 1. The van der Waals surface area contributed by atoms with Gasteiger partial charge in [0.15, 0.2) is 17.3 Å². The van der Waals surface area contributed by atoms with Crippen molar-refractivity contribution in [2.24, 2.45) is 10.1 Å². The van der Waals surface area contributed by atoms with Crippen molar-refractivity contribution in [1.29, 1.82) is 0 Å². The van der Waals surface area contributed by atoms with E-state index in [4.69, 9.17) is 4.74 Å². The van der Waals surface area contributed by atoms with Crippen molar-refractivity contribution in [2.75, 3.05) is 26.1 Å². The molecular formula is C26H24N4O3. The molecular weight excluding hydrogens is 416 g/mol. The fourth-order valence-electron chi connectivity index (χ4n) is 3.31. The lowest BCUT2D eigenvalue weighted by Crippen LogP contribution is -2.27. The number of amides is 1. The van der Waals surface area contributed by atoms with Crippen LogP contribution in [0.25, 0.3) is 6.08 Å². The van der Waals surface area contributed by atoms with Gasteiger partial charge in [-0.1, -0.05) is 42.5 Å². The molecule has 0 aromatic heterocycles. The predicted molar refractivity (Wildman–Crippen MR) is 131 cm³/mol. The third kappa shape index (κ3) is 4.77. The van der Waals surface area contributed by atoms with Crippen molar-refractivity contribution in [2.45, 2.75) is 0 Å². The summed E-state index contributed by atoms with van der Waals surface area (Å²) in [6.45, 7) is 0. The monoisotopic (exact) mass is 440 g/mol. The molecule has 7 heteroatoms. The number of anilines is 1. The molecule has 0 bridgehead atoms. The molecule has 0 saturated heterocycles. The SMILES string of the molecule is COc1cc(/C=N/N2C(=O)/C(=C\c3ccc(N(C)C)cc3)N=C2c2ccccc2)ccc1O. The van der Waals surface area contributed by atoms with Gasteiger partial charge < -0.3 is 14.7 Å². The molecule has 0 fully saturated rings. The summed E-state index contributed by atoms with van der Waals surface area (Å²) in [5.41, 5.74) is 3.68. The maximum absolute atomic E-state index is 13.2. The molecule has 3 aromatic rings. The molecule has 0 unspecified atom stereocenters. The second kappa shape index (κ2) is 9.40. The Morgan fingerprint density at radius 3 is 2.36 bits per heavy atom. The van der Waals surface area contributed by atoms with Crippen LogP contribution in [-0.2, 0) is 4.79 Å². The van der Waals surface area contributed by atoms with Crippen LogP contribution in [0.2, 0.25) is 0 Å². The van der Waals surface area contributed by atoms with Gasteiger partial charge in [-0.05, 0) is 47.5 Å². The standard InChI is InChI=1S/C26H24N4O3/c1-29(2)21-12-9-18(10-13-21)15-22-26(32)30(25(28-22)20-7-5-4-6-8-20)27-17-19-11-14-23(31)24(16-19)33-3/h4-17,31H,1-3H3/b22-15+,27-17+. The van der Waals surface area contributed by atoms with Gasteiger partial charge in [-0.2, -0.15) is 10.1 Å². The van der Waals surface area contributed by atoms with E-state index >= 15 is 0 Å². The molecule has 1 aliphatic rings. The van der Waals surface area contributed by atoms with E-state index in [1.165, 1.54) is 24.4 Å². The number of benzene rings is 3. The topological polar surface area (TPSA) is 77.7 Å². The van der Waals surface area contributed by atoms with Crippen LogP contribution in [-0.4, -0.2) is 49.3 Å². The van der Waals surface area contributed by atoms with Gasteiger partial charge in [-0.25, -0.2) is 4.99 Å². The molecule has 1 N–H and O–H groups in total. The summed E-state index contributed by atoms with van der Waals surface area (Å²) in [6, 6.07) is 22.1. The molecule has 0 spiro atoms. The number of rotatable bonds is 6. The number of carbonyl (C=O) groups is 1. The Morgan fingerprint density at radius 2 is 1.70 bits per heavy atom. The smallest absolute Gasteiger partial charge is 0.298 e. The lowest BCUT2D eigenvalue weighted by Gasteiger charge is -2.12. The fraction of sp³-hybridized carbons (Fsp3) is 0.115. The van der Waals surface area contributed by atoms with Gasteiger partial charge in [0.05, 0.1) is 13.3 Å². The normalized spacial score (nSPS) is 14.8. The predicted octanol–water partition coefficient (Wildman–Crippen LogP) is 4.13. The van der Waals surface area contributed by atoms with E-state index in [2.05, 4.69) is 10.1 Å². The highest BCUT2D eigenvalue weighted by Crippen LogP contribution is 2.26. The Balaban J connectivity index is 1.69. The van der Waals surface area contributed by atoms with Gasteiger partial charge in [0.25, 0.3) is 5.91 Å². The Hall–Kier alpha value is -4.39. The van der Waals surface area contributed by atoms with Crippen LogP contribution < -0.4 is 9.64 Å². The molecule has 0 radical (unpaired) electrons. The van der Waals surface area contributed by atoms with E-state index in [0.717, 1.165) is 16.8 Å². The van der Waals surface area contributed by atoms with Crippen LogP contribution in [0.1, 0.15) is 16.7 Å². The van der Waals surface area contributed by atoms with Crippen molar-refractivity contribution in [3.05, 3.63) is 95.2 Å². The number of hydrazone groups is 1. The summed E-state index contributed by atoms with van der Waals surface area (Å²) in [6.07, 6.45) is 3.29. The van der Waals surface area contributed by atoms with Gasteiger partial charge in [0, 0.05) is 25.3 Å². The first-order valence-corrected chi connectivity index (χ1v) is 10.3. The zero-order valence-electron chi connectivity index (χ0n) is 18.6. The summed E-state index contributed by atoms with van der Waals surface area (Å²) >= 11 is 0. The molecule has 33 heavy (non-hydrogen) atoms. The van der Waals surface area contributed by atoms with Crippen molar-refractivity contribution in [3.8, 4) is 11.5 Å². The van der Waals surface area contributed by atoms with Crippen molar-refractivity contribution in [3.63, 3.8) is 0 Å². The van der Waals surface area contributed by atoms with Gasteiger partial charge in [-0.15, -0.1) is 0 Å². The molecule has 1 aliphatic heterocycles. The fourth-order valence-corrected chi connectivity index (χ4v) is 3.31. The summed E-state index contributed by atoms with van der Waals surface area (Å²) in [5.74, 6) is 0.473. The maximum Gasteiger partial charge on any atom is 0.298 e. The number of phenolic OH excluding ortho intramolecular Hbond substituents is 1. The Bertz CT molecular complexity index is 1250. The zero-order valence-corrected chi connectivity index (χ0v) is 18.6. The van der Waals surface area contributed by atoms with E-state index in [1.807, 2.05) is 73.6 Å². The number of ether oxygens (including phenoxy) is 1. The summed E-state index contributed by atoms with van der Waals surface area (Å²) in [4.78, 5) is 19.8. The average molecular weight is 441 g/mol. The Labute approximate surface area is 192 Å². The van der Waals surface area contributed by atoms with E-state index in [-0.39, 0.29) is 11.7 Å². The van der Waals surface area contributed by atoms with Crippen LogP contribution in [0.15, 0.2) is 88.6 Å². The molecule has 0 aliphatic carbocycles. The Kier molecular flexibility index (Phi) is 6.22. The lowest BCUT2D eigenvalue weighted by atomic mass is 10.1. The number of hydrogen-bond acceptors (Lipinski definition) is 6. The summed E-state index contributed by atoms with van der Waals surface area (Å²) < 4.78 is 5.15. The van der Waals surface area contributed by atoms with E-state index in [9.17, 15) is 9.90 Å². The van der Waals surface area contributed by atoms with Crippen molar-refractivity contribution >= 4 is 29.7 Å². The first-order valence-electron chi connectivity index (χ1n) is 10.3. The molecule has 7 nitrogen and oxygen atoms in total. The van der Waals surface area contributed by atoms with E-state index in [1.54, 1.807) is 18.2 Å². The highest BCUT2D eigenvalue weighted by atomic mass is 16.5. The minimum Gasteiger partial charge on any atom is -0.504 e. The summed E-state index contributed by atoms with van der Waals surface area (Å²) in [5, 5.41) is 15.5. The van der Waals surface area contributed by atoms with E-state index in [0.29, 0.717) is 22.8 Å². The highest BCUT2D eigenvalue weighted by Gasteiger charge is 2.31. The molecule has 3 aromatic carbocycles. The number of nitrogens with zero attached hydrogens (tertiary/aromatic N) is 4. The molecule has 1 amide bonds. The van der Waals surface area contributed by atoms with Crippen LogP contribution in [0.3, 0.4) is 0 Å². The maximum atomic E-state index is 13.2.